The van der Waals surface area contributed by atoms with Crippen LogP contribution in [0.2, 0.25) is 10.0 Å². The number of hydrazine groups is 1. The SMILES string of the molecule is Cc1c(C(=O)NNC(=O)c2ccc(Cl)cc2Cl)oc2c1/C(=N/Nc1ccc(F)cc1)CCC2. The standard InChI is InChI=1S/C23H19Cl2FN4O3/c1-12-20-18(28-27-15-8-6-14(26)7-9-15)3-2-4-19(20)33-21(12)23(32)30-29-22(31)16-10-5-13(24)11-17(16)25/h5-11,27H,2-4H2,1H3,(H,29,31)(H,30,32)/b28-18+. The summed E-state index contributed by atoms with van der Waals surface area (Å²) in [7, 11) is 0. The molecule has 1 aromatic heterocycles. The lowest BCUT2D eigenvalue weighted by Gasteiger charge is -2.13. The van der Waals surface area contributed by atoms with Gasteiger partial charge in [0, 0.05) is 22.6 Å². The van der Waals surface area contributed by atoms with E-state index in [1.807, 2.05) is 0 Å². The van der Waals surface area contributed by atoms with Gasteiger partial charge in [-0.05, 0) is 62.2 Å². The van der Waals surface area contributed by atoms with E-state index >= 15 is 0 Å². The van der Waals surface area contributed by atoms with Crippen molar-refractivity contribution < 1.29 is 18.4 Å². The average molecular weight is 489 g/mol. The van der Waals surface area contributed by atoms with Crippen LogP contribution in [0.25, 0.3) is 0 Å². The van der Waals surface area contributed by atoms with Crippen LogP contribution in [0.3, 0.4) is 0 Å². The smallest absolute Gasteiger partial charge is 0.305 e. The van der Waals surface area contributed by atoms with E-state index in [2.05, 4.69) is 21.4 Å². The third kappa shape index (κ3) is 5.02. The molecule has 0 atom stereocenters. The van der Waals surface area contributed by atoms with Crippen molar-refractivity contribution >= 4 is 46.4 Å². The van der Waals surface area contributed by atoms with Crippen molar-refractivity contribution in [3.05, 3.63) is 86.5 Å². The third-order valence-corrected chi connectivity index (χ3v) is 5.71. The van der Waals surface area contributed by atoms with Crippen molar-refractivity contribution in [1.82, 2.24) is 10.9 Å². The monoisotopic (exact) mass is 488 g/mol. The number of anilines is 1. The molecule has 4 rings (SSSR count). The van der Waals surface area contributed by atoms with E-state index in [1.165, 1.54) is 30.3 Å². The molecule has 3 N–H and O–H groups in total. The first-order valence-electron chi connectivity index (χ1n) is 10.1. The van der Waals surface area contributed by atoms with E-state index in [0.29, 0.717) is 34.9 Å². The number of hydrazone groups is 1. The molecule has 2 aromatic carbocycles. The number of furan rings is 1. The van der Waals surface area contributed by atoms with Crippen molar-refractivity contribution in [1.29, 1.82) is 0 Å². The molecule has 2 amide bonds. The maximum absolute atomic E-state index is 13.1. The molecule has 33 heavy (non-hydrogen) atoms. The molecule has 0 saturated heterocycles. The molecule has 0 aliphatic heterocycles. The van der Waals surface area contributed by atoms with Crippen molar-refractivity contribution in [2.24, 2.45) is 5.10 Å². The van der Waals surface area contributed by atoms with Gasteiger partial charge >= 0.3 is 5.91 Å². The van der Waals surface area contributed by atoms with Crippen molar-refractivity contribution in [2.75, 3.05) is 5.43 Å². The number of nitrogens with zero attached hydrogens (tertiary/aromatic N) is 1. The molecule has 7 nitrogen and oxygen atoms in total. The largest absolute Gasteiger partial charge is 0.455 e. The molecule has 0 bridgehead atoms. The van der Waals surface area contributed by atoms with Gasteiger partial charge in [0.15, 0.2) is 5.76 Å². The van der Waals surface area contributed by atoms with Gasteiger partial charge in [-0.15, -0.1) is 0 Å². The number of hydrogen-bond donors (Lipinski definition) is 3. The summed E-state index contributed by atoms with van der Waals surface area (Å²) < 4.78 is 18.9. The fourth-order valence-electron chi connectivity index (χ4n) is 3.56. The summed E-state index contributed by atoms with van der Waals surface area (Å²) in [6.45, 7) is 1.76. The molecular formula is C23H19Cl2FN4O3. The van der Waals surface area contributed by atoms with Gasteiger partial charge in [0.05, 0.1) is 22.0 Å². The van der Waals surface area contributed by atoms with Crippen molar-refractivity contribution in [3.63, 3.8) is 0 Å². The van der Waals surface area contributed by atoms with Gasteiger partial charge in [0.2, 0.25) is 0 Å². The molecule has 0 spiro atoms. The number of fused-ring (bicyclic) bond motifs is 1. The predicted octanol–water partition coefficient (Wildman–Crippen LogP) is 5.26. The number of carbonyl (C=O) groups is 2. The molecule has 0 radical (unpaired) electrons. The number of halogens is 3. The first kappa shape index (κ1) is 22.8. The summed E-state index contributed by atoms with van der Waals surface area (Å²) in [5.41, 5.74) is 10.5. The van der Waals surface area contributed by atoms with E-state index in [1.54, 1.807) is 19.1 Å². The van der Waals surface area contributed by atoms with Crippen LogP contribution in [-0.4, -0.2) is 17.5 Å². The number of aryl methyl sites for hydroxylation is 1. The predicted molar refractivity (Wildman–Crippen MR) is 124 cm³/mol. The van der Waals surface area contributed by atoms with Gasteiger partial charge in [0.1, 0.15) is 11.6 Å². The summed E-state index contributed by atoms with van der Waals surface area (Å²) in [6, 6.07) is 10.3. The molecule has 0 unspecified atom stereocenters. The first-order chi connectivity index (χ1) is 15.8. The van der Waals surface area contributed by atoms with E-state index in [-0.39, 0.29) is 22.2 Å². The average Bonchev–Trinajstić information content (AvgIpc) is 3.14. The molecule has 1 heterocycles. The maximum atomic E-state index is 13.1. The molecule has 0 saturated carbocycles. The fraction of sp³-hybridized carbons (Fsp3) is 0.174. The Kier molecular flexibility index (Phi) is 6.67. The van der Waals surface area contributed by atoms with Crippen LogP contribution in [0.1, 0.15) is 50.6 Å². The lowest BCUT2D eigenvalue weighted by Crippen LogP contribution is -2.41. The normalized spacial score (nSPS) is 14.0. The maximum Gasteiger partial charge on any atom is 0.305 e. The van der Waals surface area contributed by atoms with E-state index in [4.69, 9.17) is 27.6 Å². The van der Waals surface area contributed by atoms with Crippen LogP contribution in [-0.2, 0) is 6.42 Å². The molecular weight excluding hydrogens is 470 g/mol. The quantitative estimate of drug-likeness (QED) is 0.436. The summed E-state index contributed by atoms with van der Waals surface area (Å²) in [5, 5.41) is 5.00. The van der Waals surface area contributed by atoms with E-state index in [0.717, 1.165) is 17.7 Å². The third-order valence-electron chi connectivity index (χ3n) is 5.16. The Hall–Kier alpha value is -3.36. The second-order valence-corrected chi connectivity index (χ2v) is 8.26. The Labute approximate surface area is 198 Å². The Morgan fingerprint density at radius 1 is 1.03 bits per heavy atom. The highest BCUT2D eigenvalue weighted by Crippen LogP contribution is 2.30. The zero-order valence-electron chi connectivity index (χ0n) is 17.5. The number of carbonyl (C=O) groups excluding carboxylic acids is 2. The second kappa shape index (κ2) is 9.64. The zero-order valence-corrected chi connectivity index (χ0v) is 19.0. The van der Waals surface area contributed by atoms with Crippen LogP contribution in [0.5, 0.6) is 0 Å². The highest BCUT2D eigenvalue weighted by molar-refractivity contribution is 6.36. The zero-order chi connectivity index (χ0) is 23.5. The van der Waals surface area contributed by atoms with Gasteiger partial charge in [-0.2, -0.15) is 5.10 Å². The van der Waals surface area contributed by atoms with Gasteiger partial charge < -0.3 is 4.42 Å². The van der Waals surface area contributed by atoms with Crippen LogP contribution in [0, 0.1) is 12.7 Å². The van der Waals surface area contributed by atoms with Crippen LogP contribution in [0.15, 0.2) is 52.0 Å². The molecule has 1 aliphatic carbocycles. The van der Waals surface area contributed by atoms with E-state index in [9.17, 15) is 14.0 Å². The summed E-state index contributed by atoms with van der Waals surface area (Å²) in [6.07, 6.45) is 2.15. The minimum atomic E-state index is -0.605. The Morgan fingerprint density at radius 2 is 1.76 bits per heavy atom. The fourth-order valence-corrected chi connectivity index (χ4v) is 4.06. The number of amides is 2. The van der Waals surface area contributed by atoms with Gasteiger partial charge in [-0.3, -0.25) is 25.9 Å². The Morgan fingerprint density at radius 3 is 2.48 bits per heavy atom. The van der Waals surface area contributed by atoms with Crippen molar-refractivity contribution in [2.45, 2.75) is 26.2 Å². The minimum absolute atomic E-state index is 0.0823. The molecule has 3 aromatic rings. The van der Waals surface area contributed by atoms with Crippen LogP contribution >= 0.6 is 23.2 Å². The van der Waals surface area contributed by atoms with Crippen molar-refractivity contribution in [3.8, 4) is 0 Å². The van der Waals surface area contributed by atoms with Gasteiger partial charge in [-0.1, -0.05) is 23.2 Å². The van der Waals surface area contributed by atoms with Crippen LogP contribution in [0.4, 0.5) is 10.1 Å². The number of benzene rings is 2. The topological polar surface area (TPSA) is 95.7 Å². The molecule has 0 fully saturated rings. The second-order valence-electron chi connectivity index (χ2n) is 7.42. The number of nitrogens with one attached hydrogen (secondary N) is 3. The van der Waals surface area contributed by atoms with E-state index < -0.39 is 11.8 Å². The van der Waals surface area contributed by atoms with Gasteiger partial charge in [-0.25, -0.2) is 4.39 Å². The first-order valence-corrected chi connectivity index (χ1v) is 10.9. The number of hydrogen-bond acceptors (Lipinski definition) is 5. The summed E-state index contributed by atoms with van der Waals surface area (Å²) >= 11 is 11.9. The Bertz CT molecular complexity index is 1260. The molecule has 10 heteroatoms. The highest BCUT2D eigenvalue weighted by Gasteiger charge is 2.28. The number of rotatable bonds is 4. The molecule has 1 aliphatic rings. The highest BCUT2D eigenvalue weighted by atomic mass is 35.5. The van der Waals surface area contributed by atoms with Crippen LogP contribution < -0.4 is 16.3 Å². The Balaban J connectivity index is 1.49. The molecule has 170 valence electrons. The van der Waals surface area contributed by atoms with Gasteiger partial charge in [0.25, 0.3) is 5.91 Å². The minimum Gasteiger partial charge on any atom is -0.455 e. The lowest BCUT2D eigenvalue weighted by molar-refractivity contribution is 0.0829. The summed E-state index contributed by atoms with van der Waals surface area (Å²) in [5.74, 6) is -0.801. The lowest BCUT2D eigenvalue weighted by atomic mass is 9.93. The summed E-state index contributed by atoms with van der Waals surface area (Å²) in [4.78, 5) is 25.1.